The van der Waals surface area contributed by atoms with Gasteiger partial charge in [0.2, 0.25) is 0 Å². The first-order valence-electron chi connectivity index (χ1n) is 6.90. The molecular weight excluding hydrogens is 337 g/mol. The minimum atomic E-state index is -0.947. The predicted octanol–water partition coefficient (Wildman–Crippen LogP) is 4.49. The van der Waals surface area contributed by atoms with Crippen LogP contribution >= 0.6 is 23.2 Å². The van der Waals surface area contributed by atoms with E-state index >= 15 is 0 Å². The quantitative estimate of drug-likeness (QED) is 0.825. The number of anilines is 1. The Kier molecular flexibility index (Phi) is 5.64. The maximum absolute atomic E-state index is 12.1. The molecule has 120 valence electrons. The third-order valence-corrected chi connectivity index (χ3v) is 3.83. The molecule has 1 atom stereocenters. The average Bonchev–Trinajstić information content (AvgIpc) is 2.49. The molecule has 0 spiro atoms. The Bertz CT molecular complexity index is 746. The molecule has 0 aliphatic rings. The number of carbonyl (C=O) groups excluding carboxylic acids is 2. The molecule has 1 N–H and O–H groups in total. The van der Waals surface area contributed by atoms with Crippen molar-refractivity contribution < 1.29 is 14.3 Å². The highest BCUT2D eigenvalue weighted by atomic mass is 35.5. The molecule has 0 heterocycles. The van der Waals surface area contributed by atoms with Gasteiger partial charge in [-0.1, -0.05) is 35.3 Å². The molecule has 0 saturated heterocycles. The number of hydrogen-bond donors (Lipinski definition) is 1. The molecule has 0 aromatic heterocycles. The van der Waals surface area contributed by atoms with Gasteiger partial charge in [-0.3, -0.25) is 4.79 Å². The molecular formula is C17H15Cl2NO3. The first kappa shape index (κ1) is 17.3. The number of ether oxygens (including phenoxy) is 1. The molecule has 6 heteroatoms. The topological polar surface area (TPSA) is 55.4 Å². The van der Waals surface area contributed by atoms with Gasteiger partial charge in [0, 0.05) is 5.69 Å². The maximum atomic E-state index is 12.1. The fourth-order valence-corrected chi connectivity index (χ4v) is 2.17. The van der Waals surface area contributed by atoms with Crippen molar-refractivity contribution >= 4 is 40.8 Å². The van der Waals surface area contributed by atoms with Crippen molar-refractivity contribution in [1.29, 1.82) is 0 Å². The Balaban J connectivity index is 2.00. The molecule has 2 rings (SSSR count). The third kappa shape index (κ3) is 4.71. The average molecular weight is 352 g/mol. The van der Waals surface area contributed by atoms with Crippen molar-refractivity contribution in [2.24, 2.45) is 0 Å². The number of carbonyl (C=O) groups is 2. The Hall–Kier alpha value is -2.04. The largest absolute Gasteiger partial charge is 0.449 e. The molecule has 2 aromatic carbocycles. The van der Waals surface area contributed by atoms with Crippen LogP contribution in [-0.2, 0) is 9.53 Å². The van der Waals surface area contributed by atoms with Gasteiger partial charge < -0.3 is 10.1 Å². The fourth-order valence-electron chi connectivity index (χ4n) is 1.87. The summed E-state index contributed by atoms with van der Waals surface area (Å²) < 4.78 is 5.14. The van der Waals surface area contributed by atoms with E-state index in [0.29, 0.717) is 10.7 Å². The number of amides is 1. The minimum absolute atomic E-state index is 0.231. The van der Waals surface area contributed by atoms with E-state index in [9.17, 15) is 9.59 Å². The van der Waals surface area contributed by atoms with Gasteiger partial charge in [0.25, 0.3) is 5.91 Å². The molecule has 0 aliphatic heterocycles. The number of nitrogens with one attached hydrogen (secondary N) is 1. The van der Waals surface area contributed by atoms with Crippen molar-refractivity contribution in [3.8, 4) is 0 Å². The fraction of sp³-hybridized carbons (Fsp3) is 0.176. The summed E-state index contributed by atoms with van der Waals surface area (Å²) in [6.45, 7) is 3.42. The Labute approximate surface area is 144 Å². The minimum Gasteiger partial charge on any atom is -0.449 e. The first-order chi connectivity index (χ1) is 10.9. The van der Waals surface area contributed by atoms with Gasteiger partial charge in [-0.05, 0) is 49.7 Å². The molecule has 0 saturated carbocycles. The molecule has 0 bridgehead atoms. The molecule has 0 radical (unpaired) electrons. The van der Waals surface area contributed by atoms with Gasteiger partial charge in [-0.15, -0.1) is 0 Å². The molecule has 23 heavy (non-hydrogen) atoms. The molecule has 2 aromatic rings. The van der Waals surface area contributed by atoms with Gasteiger partial charge >= 0.3 is 5.97 Å². The smallest absolute Gasteiger partial charge is 0.338 e. The lowest BCUT2D eigenvalue weighted by Crippen LogP contribution is -2.30. The van der Waals surface area contributed by atoms with Gasteiger partial charge in [-0.25, -0.2) is 4.79 Å². The highest BCUT2D eigenvalue weighted by Gasteiger charge is 2.19. The summed E-state index contributed by atoms with van der Waals surface area (Å²) in [5, 5.41) is 3.29. The summed E-state index contributed by atoms with van der Waals surface area (Å²) in [4.78, 5) is 24.1. The molecule has 0 unspecified atom stereocenters. The zero-order chi connectivity index (χ0) is 17.0. The van der Waals surface area contributed by atoms with Gasteiger partial charge in [-0.2, -0.15) is 0 Å². The lowest BCUT2D eigenvalue weighted by atomic mass is 10.2. The van der Waals surface area contributed by atoms with Gasteiger partial charge in [0.15, 0.2) is 6.10 Å². The highest BCUT2D eigenvalue weighted by molar-refractivity contribution is 6.42. The van der Waals surface area contributed by atoms with Crippen molar-refractivity contribution in [2.75, 3.05) is 5.32 Å². The van der Waals surface area contributed by atoms with E-state index in [-0.39, 0.29) is 10.6 Å². The van der Waals surface area contributed by atoms with E-state index in [1.165, 1.54) is 25.1 Å². The van der Waals surface area contributed by atoms with Crippen molar-refractivity contribution in [2.45, 2.75) is 20.0 Å². The lowest BCUT2D eigenvalue weighted by Gasteiger charge is -2.14. The lowest BCUT2D eigenvalue weighted by molar-refractivity contribution is -0.123. The second-order valence-corrected chi connectivity index (χ2v) is 5.85. The molecule has 1 amide bonds. The number of esters is 1. The van der Waals surface area contributed by atoms with E-state index < -0.39 is 18.0 Å². The molecule has 4 nitrogen and oxygen atoms in total. The monoisotopic (exact) mass is 351 g/mol. The Morgan fingerprint density at radius 2 is 1.83 bits per heavy atom. The number of hydrogen-bond acceptors (Lipinski definition) is 3. The van der Waals surface area contributed by atoms with Crippen LogP contribution < -0.4 is 5.32 Å². The van der Waals surface area contributed by atoms with Gasteiger partial charge in [0.05, 0.1) is 15.6 Å². The number of rotatable bonds is 4. The summed E-state index contributed by atoms with van der Waals surface area (Å²) in [5.74, 6) is -1.06. The summed E-state index contributed by atoms with van der Waals surface area (Å²) >= 11 is 11.7. The van der Waals surface area contributed by atoms with Crippen LogP contribution in [0.4, 0.5) is 5.69 Å². The van der Waals surface area contributed by atoms with Crippen LogP contribution in [0.2, 0.25) is 10.0 Å². The van der Waals surface area contributed by atoms with Crippen LogP contribution in [0.25, 0.3) is 0 Å². The molecule has 0 aliphatic carbocycles. The zero-order valence-corrected chi connectivity index (χ0v) is 14.1. The first-order valence-corrected chi connectivity index (χ1v) is 7.66. The normalized spacial score (nSPS) is 11.7. The zero-order valence-electron chi connectivity index (χ0n) is 12.6. The van der Waals surface area contributed by atoms with Crippen LogP contribution in [0.5, 0.6) is 0 Å². The predicted molar refractivity (Wildman–Crippen MR) is 91.1 cm³/mol. The standard InChI is InChI=1S/C17H15Cl2NO3/c1-10-4-3-5-13(8-10)20-16(21)11(2)23-17(22)12-6-7-14(18)15(19)9-12/h3-9,11H,1-2H3,(H,20,21)/t11-/m0/s1. The number of halogens is 2. The van der Waals surface area contributed by atoms with E-state index in [1.807, 2.05) is 25.1 Å². The maximum Gasteiger partial charge on any atom is 0.338 e. The highest BCUT2D eigenvalue weighted by Crippen LogP contribution is 2.23. The summed E-state index contributed by atoms with van der Waals surface area (Å²) in [5.41, 5.74) is 1.89. The van der Waals surface area contributed by atoms with Crippen molar-refractivity contribution in [3.63, 3.8) is 0 Å². The Morgan fingerprint density at radius 3 is 2.48 bits per heavy atom. The number of aryl methyl sites for hydroxylation is 1. The molecule has 0 fully saturated rings. The SMILES string of the molecule is Cc1cccc(NC(=O)[C@H](C)OC(=O)c2ccc(Cl)c(Cl)c2)c1. The van der Waals surface area contributed by atoms with E-state index in [0.717, 1.165) is 5.56 Å². The number of benzene rings is 2. The van der Waals surface area contributed by atoms with Crippen LogP contribution in [-0.4, -0.2) is 18.0 Å². The van der Waals surface area contributed by atoms with Crippen molar-refractivity contribution in [1.82, 2.24) is 0 Å². The third-order valence-electron chi connectivity index (χ3n) is 3.09. The van der Waals surface area contributed by atoms with Crippen LogP contribution in [0.15, 0.2) is 42.5 Å². The second-order valence-electron chi connectivity index (χ2n) is 5.04. The van der Waals surface area contributed by atoms with Gasteiger partial charge in [0.1, 0.15) is 0 Å². The van der Waals surface area contributed by atoms with E-state index in [2.05, 4.69) is 5.32 Å². The van der Waals surface area contributed by atoms with E-state index in [1.54, 1.807) is 6.07 Å². The van der Waals surface area contributed by atoms with Crippen LogP contribution in [0.3, 0.4) is 0 Å². The summed E-state index contributed by atoms with van der Waals surface area (Å²) in [6, 6.07) is 11.7. The Morgan fingerprint density at radius 1 is 1.09 bits per heavy atom. The van der Waals surface area contributed by atoms with E-state index in [4.69, 9.17) is 27.9 Å². The summed E-state index contributed by atoms with van der Waals surface area (Å²) in [7, 11) is 0. The second kappa shape index (κ2) is 7.49. The van der Waals surface area contributed by atoms with Crippen molar-refractivity contribution in [3.05, 3.63) is 63.6 Å². The van der Waals surface area contributed by atoms with Crippen LogP contribution in [0, 0.1) is 6.92 Å². The van der Waals surface area contributed by atoms with Crippen LogP contribution in [0.1, 0.15) is 22.8 Å². The summed E-state index contributed by atoms with van der Waals surface area (Å²) in [6.07, 6.45) is -0.947.